The number of rotatable bonds is 4. The Morgan fingerprint density at radius 2 is 2.33 bits per heavy atom. The van der Waals surface area contributed by atoms with Gasteiger partial charge in [-0.1, -0.05) is 18.1 Å². The van der Waals surface area contributed by atoms with Gasteiger partial charge in [-0.2, -0.15) is 0 Å². The second-order valence-electron chi connectivity index (χ2n) is 5.63. The number of aliphatic hydroxyl groups excluding tert-OH is 1. The molecule has 0 fully saturated rings. The Bertz CT molecular complexity index is 530. The molecule has 0 saturated heterocycles. The molecule has 0 aliphatic carbocycles. The standard InChI is InChI=1S/C16H22N2O3/c1-2-14-8-15(21-17-14)10-18-5-6-20-16-4-3-12(11-19)7-13(16)9-18/h3-4,7,15,19H,2,5-6,8-11H2,1H3. The maximum Gasteiger partial charge on any atom is 0.145 e. The summed E-state index contributed by atoms with van der Waals surface area (Å²) in [6.07, 6.45) is 2.04. The molecule has 1 aromatic rings. The summed E-state index contributed by atoms with van der Waals surface area (Å²) in [4.78, 5) is 7.84. The summed E-state index contributed by atoms with van der Waals surface area (Å²) in [5, 5.41) is 13.4. The average molecular weight is 290 g/mol. The minimum absolute atomic E-state index is 0.0622. The lowest BCUT2D eigenvalue weighted by molar-refractivity contribution is 0.0489. The Kier molecular flexibility index (Phi) is 4.41. The van der Waals surface area contributed by atoms with Crippen LogP contribution in [0.3, 0.4) is 0 Å². The zero-order valence-electron chi connectivity index (χ0n) is 12.4. The van der Waals surface area contributed by atoms with Crippen molar-refractivity contribution in [3.63, 3.8) is 0 Å². The minimum atomic E-state index is 0.0622. The van der Waals surface area contributed by atoms with E-state index in [1.165, 1.54) is 0 Å². The molecule has 2 heterocycles. The molecule has 1 N–H and O–H groups in total. The third-order valence-electron chi connectivity index (χ3n) is 4.03. The molecular weight excluding hydrogens is 268 g/mol. The van der Waals surface area contributed by atoms with E-state index in [2.05, 4.69) is 17.0 Å². The highest BCUT2D eigenvalue weighted by Crippen LogP contribution is 2.25. The zero-order valence-corrected chi connectivity index (χ0v) is 12.4. The van der Waals surface area contributed by atoms with Crippen molar-refractivity contribution in [3.8, 4) is 5.75 Å². The summed E-state index contributed by atoms with van der Waals surface area (Å²) in [6.45, 7) is 5.41. The third kappa shape index (κ3) is 3.36. The summed E-state index contributed by atoms with van der Waals surface area (Å²) in [5.74, 6) is 0.924. The molecular formula is C16H22N2O3. The number of hydrogen-bond acceptors (Lipinski definition) is 5. The Morgan fingerprint density at radius 1 is 1.43 bits per heavy atom. The third-order valence-corrected chi connectivity index (χ3v) is 4.03. The number of nitrogens with zero attached hydrogens (tertiary/aromatic N) is 2. The van der Waals surface area contributed by atoms with E-state index >= 15 is 0 Å². The molecule has 0 radical (unpaired) electrons. The maximum atomic E-state index is 9.27. The molecule has 0 aromatic heterocycles. The zero-order chi connectivity index (χ0) is 14.7. The predicted molar refractivity (Wildman–Crippen MR) is 80.4 cm³/mol. The van der Waals surface area contributed by atoms with Crippen molar-refractivity contribution >= 4 is 5.71 Å². The van der Waals surface area contributed by atoms with Gasteiger partial charge in [-0.15, -0.1) is 0 Å². The van der Waals surface area contributed by atoms with Crippen LogP contribution in [0.2, 0.25) is 0 Å². The molecule has 1 aromatic carbocycles. The van der Waals surface area contributed by atoms with Crippen molar-refractivity contribution in [2.75, 3.05) is 19.7 Å². The van der Waals surface area contributed by atoms with Gasteiger partial charge in [0.15, 0.2) is 0 Å². The number of oxime groups is 1. The van der Waals surface area contributed by atoms with Crippen LogP contribution in [-0.4, -0.2) is 41.5 Å². The molecule has 0 bridgehead atoms. The van der Waals surface area contributed by atoms with Crippen molar-refractivity contribution in [1.29, 1.82) is 0 Å². The molecule has 5 nitrogen and oxygen atoms in total. The van der Waals surface area contributed by atoms with Gasteiger partial charge in [0.05, 0.1) is 12.3 Å². The lowest BCUT2D eigenvalue weighted by Crippen LogP contribution is -2.33. The van der Waals surface area contributed by atoms with Gasteiger partial charge in [0.25, 0.3) is 0 Å². The van der Waals surface area contributed by atoms with E-state index in [-0.39, 0.29) is 12.7 Å². The minimum Gasteiger partial charge on any atom is -0.492 e. The smallest absolute Gasteiger partial charge is 0.145 e. The summed E-state index contributed by atoms with van der Waals surface area (Å²) in [6, 6.07) is 5.89. The molecule has 1 atom stereocenters. The van der Waals surface area contributed by atoms with Crippen LogP contribution in [0.15, 0.2) is 23.4 Å². The van der Waals surface area contributed by atoms with Gasteiger partial charge in [0.2, 0.25) is 0 Å². The number of benzene rings is 1. The van der Waals surface area contributed by atoms with Crippen LogP contribution in [-0.2, 0) is 18.0 Å². The SMILES string of the molecule is CCC1=NOC(CN2CCOc3ccc(CO)cc3C2)C1. The number of ether oxygens (including phenoxy) is 1. The van der Waals surface area contributed by atoms with Crippen molar-refractivity contribution in [2.24, 2.45) is 5.16 Å². The van der Waals surface area contributed by atoms with Crippen LogP contribution in [0.1, 0.15) is 30.9 Å². The first kappa shape index (κ1) is 14.4. The summed E-state index contributed by atoms with van der Waals surface area (Å²) in [5.41, 5.74) is 3.20. The second-order valence-corrected chi connectivity index (χ2v) is 5.63. The first-order valence-electron chi connectivity index (χ1n) is 7.58. The number of fused-ring (bicyclic) bond motifs is 1. The molecule has 114 valence electrons. The van der Waals surface area contributed by atoms with Crippen molar-refractivity contribution < 1.29 is 14.7 Å². The monoisotopic (exact) mass is 290 g/mol. The Labute approximate surface area is 125 Å². The van der Waals surface area contributed by atoms with Crippen LogP contribution in [0.5, 0.6) is 5.75 Å². The Balaban J connectivity index is 1.65. The van der Waals surface area contributed by atoms with E-state index in [1.54, 1.807) is 0 Å². The summed E-state index contributed by atoms with van der Waals surface area (Å²) < 4.78 is 5.79. The summed E-state index contributed by atoms with van der Waals surface area (Å²) in [7, 11) is 0. The fourth-order valence-corrected chi connectivity index (χ4v) is 2.84. The number of aliphatic hydroxyl groups is 1. The fourth-order valence-electron chi connectivity index (χ4n) is 2.84. The molecule has 5 heteroatoms. The van der Waals surface area contributed by atoms with Gasteiger partial charge in [0, 0.05) is 31.6 Å². The van der Waals surface area contributed by atoms with Crippen LogP contribution in [0, 0.1) is 0 Å². The molecule has 0 amide bonds. The highest BCUT2D eigenvalue weighted by atomic mass is 16.6. The quantitative estimate of drug-likeness (QED) is 0.920. The van der Waals surface area contributed by atoms with Gasteiger partial charge >= 0.3 is 0 Å². The van der Waals surface area contributed by atoms with E-state index < -0.39 is 0 Å². The summed E-state index contributed by atoms with van der Waals surface area (Å²) >= 11 is 0. The molecule has 21 heavy (non-hydrogen) atoms. The van der Waals surface area contributed by atoms with E-state index in [0.717, 1.165) is 55.1 Å². The average Bonchev–Trinajstić information content (AvgIpc) is 2.86. The molecule has 0 spiro atoms. The van der Waals surface area contributed by atoms with Crippen molar-refractivity contribution in [3.05, 3.63) is 29.3 Å². The fraction of sp³-hybridized carbons (Fsp3) is 0.562. The largest absolute Gasteiger partial charge is 0.492 e. The first-order valence-corrected chi connectivity index (χ1v) is 7.58. The van der Waals surface area contributed by atoms with E-state index in [9.17, 15) is 5.11 Å². The Hall–Kier alpha value is -1.59. The second kappa shape index (κ2) is 6.45. The van der Waals surface area contributed by atoms with Crippen molar-refractivity contribution in [2.45, 2.75) is 39.0 Å². The lowest BCUT2D eigenvalue weighted by atomic mass is 10.1. The Morgan fingerprint density at radius 3 is 3.10 bits per heavy atom. The van der Waals surface area contributed by atoms with Crippen LogP contribution >= 0.6 is 0 Å². The van der Waals surface area contributed by atoms with Crippen LogP contribution in [0.4, 0.5) is 0 Å². The van der Waals surface area contributed by atoms with E-state index in [1.807, 2.05) is 18.2 Å². The predicted octanol–water partition coefficient (Wildman–Crippen LogP) is 1.93. The van der Waals surface area contributed by atoms with Gasteiger partial charge in [-0.3, -0.25) is 4.90 Å². The highest BCUT2D eigenvalue weighted by Gasteiger charge is 2.24. The first-order chi connectivity index (χ1) is 10.3. The molecule has 2 aliphatic heterocycles. The van der Waals surface area contributed by atoms with Crippen LogP contribution < -0.4 is 4.74 Å². The molecule has 2 aliphatic rings. The molecule has 3 rings (SSSR count). The molecule has 0 saturated carbocycles. The van der Waals surface area contributed by atoms with Crippen molar-refractivity contribution in [1.82, 2.24) is 4.90 Å². The van der Waals surface area contributed by atoms with Gasteiger partial charge in [-0.25, -0.2) is 0 Å². The van der Waals surface area contributed by atoms with E-state index in [0.29, 0.717) is 6.61 Å². The van der Waals surface area contributed by atoms with Gasteiger partial charge in [-0.05, 0) is 24.1 Å². The molecule has 1 unspecified atom stereocenters. The van der Waals surface area contributed by atoms with Gasteiger partial charge < -0.3 is 14.7 Å². The normalized spacial score (nSPS) is 22.0. The van der Waals surface area contributed by atoms with E-state index in [4.69, 9.17) is 9.57 Å². The van der Waals surface area contributed by atoms with Crippen LogP contribution in [0.25, 0.3) is 0 Å². The van der Waals surface area contributed by atoms with Gasteiger partial charge in [0.1, 0.15) is 18.5 Å². The maximum absolute atomic E-state index is 9.27. The number of hydrogen-bond donors (Lipinski definition) is 1. The topological polar surface area (TPSA) is 54.3 Å². The highest BCUT2D eigenvalue weighted by molar-refractivity contribution is 5.85. The lowest BCUT2D eigenvalue weighted by Gasteiger charge is -2.22.